The van der Waals surface area contributed by atoms with Crippen molar-refractivity contribution >= 4 is 0 Å². The molecule has 0 aromatic rings. The van der Waals surface area contributed by atoms with Crippen LogP contribution < -0.4 is 5.73 Å². The average molecular weight is 288 g/mol. The van der Waals surface area contributed by atoms with Crippen LogP contribution in [-0.2, 0) is 0 Å². The Bertz CT molecular complexity index is 174. The molecule has 0 saturated carbocycles. The van der Waals surface area contributed by atoms with Crippen molar-refractivity contribution in [1.82, 2.24) is 4.90 Å². The first kappa shape index (κ1) is 19.8. The number of aliphatic hydroxyl groups excluding tert-OH is 2. The van der Waals surface area contributed by atoms with Crippen molar-refractivity contribution in [2.75, 3.05) is 39.4 Å². The summed E-state index contributed by atoms with van der Waals surface area (Å²) in [5.41, 5.74) is 5.55. The summed E-state index contributed by atoms with van der Waals surface area (Å²) in [6.07, 6.45) is 12.6. The van der Waals surface area contributed by atoms with Crippen LogP contribution in [0, 0.1) is 0 Å². The molecule has 0 amide bonds. The Kier molecular flexibility index (Phi) is 16.8. The zero-order valence-electron chi connectivity index (χ0n) is 13.2. The minimum atomic E-state index is 0.232. The molecule has 0 aromatic heterocycles. The Morgan fingerprint density at radius 3 is 1.50 bits per heavy atom. The predicted octanol–water partition coefficient (Wildman–Crippen LogP) is 2.13. The highest BCUT2D eigenvalue weighted by Crippen LogP contribution is 2.10. The fourth-order valence-electron chi connectivity index (χ4n) is 2.52. The summed E-state index contributed by atoms with van der Waals surface area (Å²) < 4.78 is 0. The quantitative estimate of drug-likeness (QED) is 0.381. The number of unbranched alkanes of at least 4 members (excludes halogenated alkanes) is 9. The molecule has 0 aliphatic heterocycles. The van der Waals surface area contributed by atoms with Gasteiger partial charge in [0.2, 0.25) is 0 Å². The van der Waals surface area contributed by atoms with Gasteiger partial charge >= 0.3 is 0 Å². The summed E-state index contributed by atoms with van der Waals surface area (Å²) in [5, 5.41) is 17.6. The molecule has 0 bridgehead atoms. The lowest BCUT2D eigenvalue weighted by atomic mass is 10.1. The van der Waals surface area contributed by atoms with Crippen LogP contribution in [-0.4, -0.2) is 54.5 Å². The van der Waals surface area contributed by atoms with E-state index in [0.29, 0.717) is 13.2 Å². The Morgan fingerprint density at radius 2 is 1.05 bits per heavy atom. The third kappa shape index (κ3) is 14.3. The van der Waals surface area contributed by atoms with Gasteiger partial charge in [0, 0.05) is 26.2 Å². The second-order valence-corrected chi connectivity index (χ2v) is 5.61. The lowest BCUT2D eigenvalue weighted by molar-refractivity contribution is 0.196. The predicted molar refractivity (Wildman–Crippen MR) is 85.8 cm³/mol. The van der Waals surface area contributed by atoms with Crippen molar-refractivity contribution in [3.8, 4) is 0 Å². The van der Waals surface area contributed by atoms with Crippen LogP contribution in [0.1, 0.15) is 64.2 Å². The van der Waals surface area contributed by atoms with E-state index >= 15 is 0 Å². The van der Waals surface area contributed by atoms with Crippen LogP contribution in [0.4, 0.5) is 0 Å². The second-order valence-electron chi connectivity index (χ2n) is 5.61. The van der Waals surface area contributed by atoms with Crippen molar-refractivity contribution in [3.05, 3.63) is 0 Å². The molecule has 20 heavy (non-hydrogen) atoms. The highest BCUT2D eigenvalue weighted by molar-refractivity contribution is 4.58. The molecular formula is C16H36N2O2. The number of hydrogen-bond donors (Lipinski definition) is 3. The first-order valence-corrected chi connectivity index (χ1v) is 8.49. The van der Waals surface area contributed by atoms with Gasteiger partial charge in [-0.15, -0.1) is 0 Å². The van der Waals surface area contributed by atoms with Gasteiger partial charge in [-0.25, -0.2) is 0 Å². The lowest BCUT2D eigenvalue weighted by Gasteiger charge is -2.20. The fraction of sp³-hybridized carbons (Fsp3) is 1.00. The summed E-state index contributed by atoms with van der Waals surface area (Å²) in [5.74, 6) is 0. The van der Waals surface area contributed by atoms with E-state index in [0.717, 1.165) is 26.1 Å². The van der Waals surface area contributed by atoms with E-state index in [1.807, 2.05) is 0 Å². The van der Waals surface area contributed by atoms with Gasteiger partial charge in [0.25, 0.3) is 0 Å². The molecule has 4 N–H and O–H groups in total. The van der Waals surface area contributed by atoms with E-state index in [1.54, 1.807) is 0 Å². The van der Waals surface area contributed by atoms with Crippen LogP contribution in [0.2, 0.25) is 0 Å². The molecule has 0 saturated heterocycles. The molecule has 122 valence electrons. The van der Waals surface area contributed by atoms with Gasteiger partial charge in [-0.3, -0.25) is 4.90 Å². The summed E-state index contributed by atoms with van der Waals surface area (Å²) in [6.45, 7) is 3.97. The van der Waals surface area contributed by atoms with E-state index in [2.05, 4.69) is 4.90 Å². The summed E-state index contributed by atoms with van der Waals surface area (Å²) in [7, 11) is 0. The molecule has 0 unspecified atom stereocenters. The average Bonchev–Trinajstić information content (AvgIpc) is 2.45. The third-order valence-electron chi connectivity index (χ3n) is 3.74. The molecule has 4 heteroatoms. The smallest absolute Gasteiger partial charge is 0.0558 e. The maximum atomic E-state index is 8.94. The van der Waals surface area contributed by atoms with Crippen molar-refractivity contribution in [1.29, 1.82) is 0 Å². The van der Waals surface area contributed by atoms with E-state index in [-0.39, 0.29) is 6.61 Å². The van der Waals surface area contributed by atoms with Gasteiger partial charge in [0.05, 0.1) is 6.61 Å². The van der Waals surface area contributed by atoms with E-state index < -0.39 is 0 Å². The zero-order valence-corrected chi connectivity index (χ0v) is 13.2. The van der Waals surface area contributed by atoms with Crippen molar-refractivity contribution < 1.29 is 10.2 Å². The maximum Gasteiger partial charge on any atom is 0.0558 e. The summed E-state index contributed by atoms with van der Waals surface area (Å²) >= 11 is 0. The number of hydrogen-bond acceptors (Lipinski definition) is 4. The van der Waals surface area contributed by atoms with E-state index in [4.69, 9.17) is 15.9 Å². The minimum absolute atomic E-state index is 0.232. The standard InChI is InChI=1S/C16H36N2O2/c17-11-13-18(14-16-20)12-9-7-5-3-1-2-4-6-8-10-15-19/h19-20H,1-17H2. The molecule has 0 fully saturated rings. The lowest BCUT2D eigenvalue weighted by Crippen LogP contribution is -2.32. The molecule has 0 aliphatic rings. The van der Waals surface area contributed by atoms with Crippen molar-refractivity contribution in [2.45, 2.75) is 64.2 Å². The molecule has 0 radical (unpaired) electrons. The highest BCUT2D eigenvalue weighted by atomic mass is 16.3. The van der Waals surface area contributed by atoms with Crippen LogP contribution in [0.25, 0.3) is 0 Å². The van der Waals surface area contributed by atoms with Gasteiger partial charge in [-0.2, -0.15) is 0 Å². The Hall–Kier alpha value is -0.160. The van der Waals surface area contributed by atoms with Gasteiger partial charge < -0.3 is 15.9 Å². The monoisotopic (exact) mass is 288 g/mol. The first-order chi connectivity index (χ1) is 9.85. The normalized spacial score (nSPS) is 11.4. The summed E-state index contributed by atoms with van der Waals surface area (Å²) in [4.78, 5) is 2.25. The van der Waals surface area contributed by atoms with E-state index in [1.165, 1.54) is 57.8 Å². The number of rotatable bonds is 16. The van der Waals surface area contributed by atoms with Crippen LogP contribution in [0.5, 0.6) is 0 Å². The van der Waals surface area contributed by atoms with Crippen LogP contribution in [0.15, 0.2) is 0 Å². The second kappa shape index (κ2) is 16.9. The minimum Gasteiger partial charge on any atom is -0.396 e. The molecule has 0 aliphatic carbocycles. The van der Waals surface area contributed by atoms with E-state index in [9.17, 15) is 0 Å². The fourth-order valence-corrected chi connectivity index (χ4v) is 2.52. The molecule has 0 heterocycles. The number of nitrogens with zero attached hydrogens (tertiary/aromatic N) is 1. The Morgan fingerprint density at radius 1 is 0.550 bits per heavy atom. The molecule has 4 nitrogen and oxygen atoms in total. The maximum absolute atomic E-state index is 8.94. The van der Waals surface area contributed by atoms with Crippen molar-refractivity contribution in [2.24, 2.45) is 5.73 Å². The Labute approximate surface area is 125 Å². The zero-order chi connectivity index (χ0) is 14.9. The SMILES string of the molecule is NCCN(CCO)CCCCCCCCCCCCO. The van der Waals surface area contributed by atoms with Gasteiger partial charge in [-0.1, -0.05) is 51.4 Å². The number of aliphatic hydroxyl groups is 2. The topological polar surface area (TPSA) is 69.7 Å². The molecule has 0 atom stereocenters. The van der Waals surface area contributed by atoms with Crippen molar-refractivity contribution in [3.63, 3.8) is 0 Å². The van der Waals surface area contributed by atoms with Gasteiger partial charge in [-0.05, 0) is 19.4 Å². The van der Waals surface area contributed by atoms with Crippen LogP contribution >= 0.6 is 0 Å². The summed E-state index contributed by atoms with van der Waals surface area (Å²) in [6, 6.07) is 0. The number of nitrogens with two attached hydrogens (primary N) is 1. The van der Waals surface area contributed by atoms with Gasteiger partial charge in [0.1, 0.15) is 0 Å². The molecule has 0 aromatic carbocycles. The molecule has 0 spiro atoms. The largest absolute Gasteiger partial charge is 0.396 e. The Balaban J connectivity index is 3.18. The molecule has 0 rings (SSSR count). The highest BCUT2D eigenvalue weighted by Gasteiger charge is 2.02. The molecular weight excluding hydrogens is 252 g/mol. The van der Waals surface area contributed by atoms with Gasteiger partial charge in [0.15, 0.2) is 0 Å². The van der Waals surface area contributed by atoms with Crippen LogP contribution in [0.3, 0.4) is 0 Å². The third-order valence-corrected chi connectivity index (χ3v) is 3.74. The first-order valence-electron chi connectivity index (χ1n) is 8.49.